The second kappa shape index (κ2) is 6.30. The van der Waals surface area contributed by atoms with E-state index in [1.807, 2.05) is 6.08 Å². The van der Waals surface area contributed by atoms with Crippen LogP contribution in [0.1, 0.15) is 25.7 Å². The fraction of sp³-hybridized carbons (Fsp3) is 0.727. The van der Waals surface area contributed by atoms with Gasteiger partial charge >= 0.3 is 27.3 Å². The molecule has 1 N–H and O–H groups in total. The number of hydrogen-bond donors (Lipinski definition) is 1. The lowest BCUT2D eigenvalue weighted by Gasteiger charge is -2.24. The number of halogens is 4. The van der Waals surface area contributed by atoms with Crippen molar-refractivity contribution in [2.45, 2.75) is 36.9 Å². The van der Waals surface area contributed by atoms with E-state index in [0.717, 1.165) is 0 Å². The van der Waals surface area contributed by atoms with Gasteiger partial charge < -0.3 is 4.74 Å². The van der Waals surface area contributed by atoms with Crippen molar-refractivity contribution in [2.75, 3.05) is 6.61 Å². The summed E-state index contributed by atoms with van der Waals surface area (Å²) in [7, 11) is -6.26. The molecule has 0 fully saturated rings. The van der Waals surface area contributed by atoms with Gasteiger partial charge in [0.2, 0.25) is 0 Å². The van der Waals surface area contributed by atoms with Crippen molar-refractivity contribution >= 4 is 16.1 Å². The minimum Gasteiger partial charge on any atom is -0.465 e. The van der Waals surface area contributed by atoms with Crippen molar-refractivity contribution in [1.29, 1.82) is 0 Å². The number of carbonyl (C=O) groups is 1. The Balaban J connectivity index is 2.54. The third kappa shape index (κ3) is 4.16. The molecule has 0 radical (unpaired) electrons. The van der Waals surface area contributed by atoms with Crippen molar-refractivity contribution in [1.82, 2.24) is 0 Å². The molecule has 122 valence electrons. The van der Waals surface area contributed by atoms with Gasteiger partial charge in [-0.15, -0.1) is 0 Å². The number of carbonyl (C=O) groups excluding carboxylic acids is 1. The van der Waals surface area contributed by atoms with E-state index in [-0.39, 0.29) is 0 Å². The van der Waals surface area contributed by atoms with E-state index in [9.17, 15) is 30.8 Å². The molecule has 1 aliphatic rings. The molecule has 0 saturated carbocycles. The van der Waals surface area contributed by atoms with Crippen molar-refractivity contribution in [3.8, 4) is 0 Å². The highest BCUT2D eigenvalue weighted by Crippen LogP contribution is 2.40. The normalized spacial score (nSPS) is 20.3. The lowest BCUT2D eigenvalue weighted by atomic mass is 9.95. The highest BCUT2D eigenvalue weighted by Gasteiger charge is 2.65. The van der Waals surface area contributed by atoms with Crippen LogP contribution in [0, 0.1) is 5.92 Å². The van der Waals surface area contributed by atoms with Crippen LogP contribution in [-0.2, 0) is 19.6 Å². The van der Waals surface area contributed by atoms with Crippen LogP contribution in [0.15, 0.2) is 12.2 Å². The molecule has 0 aromatic heterocycles. The standard InChI is InChI=1S/C11H14F4O5S/c12-10(13,11(14,15)21(17,18)19)6-7-20-9(16)8-4-2-1-3-5-8/h1-2,8H,3-7H2,(H,17,18,19). The lowest BCUT2D eigenvalue weighted by molar-refractivity contribution is -0.176. The van der Waals surface area contributed by atoms with Crippen molar-refractivity contribution in [2.24, 2.45) is 5.92 Å². The van der Waals surface area contributed by atoms with Crippen LogP contribution in [0.4, 0.5) is 17.6 Å². The molecule has 5 nitrogen and oxygen atoms in total. The molecule has 10 heteroatoms. The molecule has 0 heterocycles. The Kier molecular flexibility index (Phi) is 5.37. The molecule has 1 aliphatic carbocycles. The summed E-state index contributed by atoms with van der Waals surface area (Å²) >= 11 is 0. The van der Waals surface area contributed by atoms with E-state index in [1.54, 1.807) is 6.08 Å². The zero-order valence-electron chi connectivity index (χ0n) is 10.8. The molecule has 1 rings (SSSR count). The molecule has 1 unspecified atom stereocenters. The Morgan fingerprint density at radius 1 is 1.29 bits per heavy atom. The van der Waals surface area contributed by atoms with E-state index >= 15 is 0 Å². The molecule has 0 aromatic rings. The molecular formula is C11H14F4O5S. The monoisotopic (exact) mass is 334 g/mol. The Morgan fingerprint density at radius 3 is 2.38 bits per heavy atom. The fourth-order valence-corrected chi connectivity index (χ4v) is 2.22. The average molecular weight is 334 g/mol. The van der Waals surface area contributed by atoms with Gasteiger partial charge in [-0.1, -0.05) is 12.2 Å². The van der Waals surface area contributed by atoms with E-state index in [4.69, 9.17) is 4.55 Å². The minimum absolute atomic E-state index is 0.371. The highest BCUT2D eigenvalue weighted by molar-refractivity contribution is 7.87. The summed E-state index contributed by atoms with van der Waals surface area (Å²) in [6.07, 6.45) is 3.30. The van der Waals surface area contributed by atoms with Crippen molar-refractivity contribution in [3.05, 3.63) is 12.2 Å². The van der Waals surface area contributed by atoms with Gasteiger partial charge in [-0.3, -0.25) is 9.35 Å². The molecule has 0 saturated heterocycles. The molecular weight excluding hydrogens is 320 g/mol. The third-order valence-electron chi connectivity index (χ3n) is 3.01. The van der Waals surface area contributed by atoms with Crippen molar-refractivity contribution < 1.29 is 40.1 Å². The van der Waals surface area contributed by atoms with Crippen LogP contribution in [0.5, 0.6) is 0 Å². The van der Waals surface area contributed by atoms with Gasteiger partial charge in [-0.25, -0.2) is 0 Å². The van der Waals surface area contributed by atoms with Crippen molar-refractivity contribution in [3.63, 3.8) is 0 Å². The van der Waals surface area contributed by atoms with E-state index < -0.39 is 46.2 Å². The quantitative estimate of drug-likeness (QED) is 0.349. The number of allylic oxidation sites excluding steroid dienone is 2. The molecule has 1 atom stereocenters. The largest absolute Gasteiger partial charge is 0.465 e. The highest BCUT2D eigenvalue weighted by atomic mass is 32.2. The SMILES string of the molecule is O=C(OCCC(F)(F)C(F)(F)S(=O)(=O)O)C1CC=CCC1. The van der Waals surface area contributed by atoms with Gasteiger partial charge in [0.05, 0.1) is 18.9 Å². The van der Waals surface area contributed by atoms with Crippen LogP contribution < -0.4 is 0 Å². The first-order valence-corrected chi connectivity index (χ1v) is 7.47. The van der Waals surface area contributed by atoms with Gasteiger partial charge in [0.15, 0.2) is 0 Å². The van der Waals surface area contributed by atoms with Gasteiger partial charge in [0.1, 0.15) is 0 Å². The predicted octanol–water partition coefficient (Wildman–Crippen LogP) is 2.39. The fourth-order valence-electron chi connectivity index (χ4n) is 1.74. The molecule has 0 aromatic carbocycles. The summed E-state index contributed by atoms with van der Waals surface area (Å²) in [6, 6.07) is 0. The van der Waals surface area contributed by atoms with Crippen LogP contribution >= 0.6 is 0 Å². The molecule has 0 bridgehead atoms. The lowest BCUT2D eigenvalue weighted by Crippen LogP contribution is -2.47. The van der Waals surface area contributed by atoms with Crippen LogP contribution in [0.25, 0.3) is 0 Å². The van der Waals surface area contributed by atoms with Crippen LogP contribution in [0.2, 0.25) is 0 Å². The first kappa shape index (κ1) is 17.9. The predicted molar refractivity (Wildman–Crippen MR) is 63.5 cm³/mol. The number of rotatable bonds is 6. The second-order valence-corrected chi connectivity index (χ2v) is 6.06. The summed E-state index contributed by atoms with van der Waals surface area (Å²) < 4.78 is 85.0. The Labute approximate surface area is 118 Å². The number of esters is 1. The zero-order chi connectivity index (χ0) is 16.3. The topological polar surface area (TPSA) is 80.7 Å². The maximum atomic E-state index is 13.1. The second-order valence-electron chi connectivity index (χ2n) is 4.60. The summed E-state index contributed by atoms with van der Waals surface area (Å²) in [4.78, 5) is 11.5. The zero-order valence-corrected chi connectivity index (χ0v) is 11.6. The summed E-state index contributed by atoms with van der Waals surface area (Å²) in [6.45, 7) is -1.07. The minimum atomic E-state index is -6.26. The van der Waals surface area contributed by atoms with E-state index in [0.29, 0.717) is 19.3 Å². The first-order valence-electron chi connectivity index (χ1n) is 6.03. The smallest absolute Gasteiger partial charge is 0.431 e. The molecule has 21 heavy (non-hydrogen) atoms. The first-order chi connectivity index (χ1) is 9.49. The number of ether oxygens (including phenoxy) is 1. The van der Waals surface area contributed by atoms with Crippen LogP contribution in [0.3, 0.4) is 0 Å². The summed E-state index contributed by atoms with van der Waals surface area (Å²) in [5, 5.41) is -5.64. The molecule has 0 aliphatic heterocycles. The Hall–Kier alpha value is -1.16. The van der Waals surface area contributed by atoms with E-state index in [2.05, 4.69) is 4.74 Å². The van der Waals surface area contributed by atoms with Gasteiger partial charge in [0.25, 0.3) is 0 Å². The van der Waals surface area contributed by atoms with Gasteiger partial charge in [-0.05, 0) is 19.3 Å². The third-order valence-corrected chi connectivity index (χ3v) is 3.96. The number of alkyl halides is 4. The Morgan fingerprint density at radius 2 is 1.90 bits per heavy atom. The summed E-state index contributed by atoms with van der Waals surface area (Å²) in [5.74, 6) is -6.37. The van der Waals surface area contributed by atoms with Crippen LogP contribution in [-0.4, -0.2) is 36.7 Å². The maximum absolute atomic E-state index is 13.1. The molecule has 0 spiro atoms. The van der Waals surface area contributed by atoms with E-state index in [1.165, 1.54) is 0 Å². The average Bonchev–Trinajstić information content (AvgIpc) is 2.38. The number of hydrogen-bond acceptors (Lipinski definition) is 4. The van der Waals surface area contributed by atoms with Gasteiger partial charge in [-0.2, -0.15) is 26.0 Å². The maximum Gasteiger partial charge on any atom is 0.431 e. The summed E-state index contributed by atoms with van der Waals surface area (Å²) in [5.41, 5.74) is 0. The Bertz CT molecular complexity index is 515. The molecule has 0 amide bonds. The van der Waals surface area contributed by atoms with Gasteiger partial charge in [0, 0.05) is 0 Å².